The van der Waals surface area contributed by atoms with Crippen LogP contribution in [0.4, 0.5) is 19.7 Å². The van der Waals surface area contributed by atoms with Crippen LogP contribution in [0.25, 0.3) is 32.2 Å². The number of thiazole rings is 1. The van der Waals surface area contributed by atoms with E-state index in [1.54, 1.807) is 12.1 Å². The molecule has 36 heavy (non-hydrogen) atoms. The normalized spacial score (nSPS) is 20.5. The van der Waals surface area contributed by atoms with Crippen molar-refractivity contribution in [2.45, 2.75) is 18.6 Å². The fourth-order valence-electron chi connectivity index (χ4n) is 4.83. The van der Waals surface area contributed by atoms with Crippen molar-refractivity contribution in [2.75, 3.05) is 50.0 Å². The first-order valence-corrected chi connectivity index (χ1v) is 13.0. The molecule has 2 aliphatic rings. The van der Waals surface area contributed by atoms with Crippen LogP contribution in [0.15, 0.2) is 24.3 Å². The number of nitrogen functional groups attached to an aromatic ring is 1. The van der Waals surface area contributed by atoms with Crippen LogP contribution in [0.3, 0.4) is 0 Å². The van der Waals surface area contributed by atoms with Gasteiger partial charge in [-0.1, -0.05) is 35.1 Å². The van der Waals surface area contributed by atoms with Gasteiger partial charge in [-0.15, -0.1) is 0 Å². The number of nitrogens with two attached hydrogens (primary N) is 1. The van der Waals surface area contributed by atoms with Crippen molar-refractivity contribution in [1.29, 1.82) is 0 Å². The molecular formula is C24H24ClF2N7OS. The molecule has 2 aromatic heterocycles. The Labute approximate surface area is 214 Å². The van der Waals surface area contributed by atoms with Gasteiger partial charge in [-0.05, 0) is 18.6 Å². The van der Waals surface area contributed by atoms with Crippen LogP contribution in [0, 0.1) is 5.82 Å². The van der Waals surface area contributed by atoms with E-state index in [-0.39, 0.29) is 34.8 Å². The SMILES string of the molecule is Nc1nc2c(-c3c(Cl)cc4c(N5CCNCC5)nc(OC[C@@H]5CC(F)CN5)nc4c3F)cccc2s1. The number of benzene rings is 2. The number of anilines is 2. The summed E-state index contributed by atoms with van der Waals surface area (Å²) in [7, 11) is 0. The Morgan fingerprint density at radius 3 is 2.81 bits per heavy atom. The number of para-hydroxylation sites is 1. The molecular weight excluding hydrogens is 508 g/mol. The van der Waals surface area contributed by atoms with Gasteiger partial charge in [0.05, 0.1) is 15.2 Å². The van der Waals surface area contributed by atoms with Crippen LogP contribution in [0.1, 0.15) is 6.42 Å². The molecule has 0 aliphatic carbocycles. The van der Waals surface area contributed by atoms with Crippen molar-refractivity contribution in [2.24, 2.45) is 0 Å². The molecule has 2 atom stereocenters. The third-order valence-corrected chi connectivity index (χ3v) is 7.69. The van der Waals surface area contributed by atoms with E-state index in [0.29, 0.717) is 53.5 Å². The second-order valence-electron chi connectivity index (χ2n) is 8.96. The Morgan fingerprint density at radius 2 is 2.03 bits per heavy atom. The zero-order valence-corrected chi connectivity index (χ0v) is 20.8. The number of piperazine rings is 1. The largest absolute Gasteiger partial charge is 0.462 e. The number of hydrogen-bond donors (Lipinski definition) is 3. The lowest BCUT2D eigenvalue weighted by atomic mass is 10.0. The van der Waals surface area contributed by atoms with E-state index in [1.165, 1.54) is 11.3 Å². The highest BCUT2D eigenvalue weighted by molar-refractivity contribution is 7.22. The predicted molar refractivity (Wildman–Crippen MR) is 139 cm³/mol. The molecule has 0 spiro atoms. The zero-order chi connectivity index (χ0) is 24.8. The number of rotatable bonds is 5. The zero-order valence-electron chi connectivity index (χ0n) is 19.2. The second-order valence-corrected chi connectivity index (χ2v) is 10.4. The monoisotopic (exact) mass is 531 g/mol. The Hall–Kier alpha value is -2.86. The maximum absolute atomic E-state index is 16.3. The fourth-order valence-corrected chi connectivity index (χ4v) is 5.88. The van der Waals surface area contributed by atoms with Crippen LogP contribution in [0.2, 0.25) is 5.02 Å². The number of halogens is 3. The van der Waals surface area contributed by atoms with Gasteiger partial charge in [-0.2, -0.15) is 9.97 Å². The van der Waals surface area contributed by atoms with Gasteiger partial charge >= 0.3 is 6.01 Å². The van der Waals surface area contributed by atoms with Crippen molar-refractivity contribution in [3.05, 3.63) is 35.1 Å². The highest BCUT2D eigenvalue weighted by Crippen LogP contribution is 2.42. The molecule has 0 bridgehead atoms. The molecule has 1 unspecified atom stereocenters. The van der Waals surface area contributed by atoms with Crippen LogP contribution in [-0.2, 0) is 0 Å². The van der Waals surface area contributed by atoms with Gasteiger partial charge in [0.25, 0.3) is 0 Å². The van der Waals surface area contributed by atoms with E-state index in [9.17, 15) is 4.39 Å². The second kappa shape index (κ2) is 9.55. The predicted octanol–water partition coefficient (Wildman–Crippen LogP) is 3.77. The van der Waals surface area contributed by atoms with Gasteiger partial charge in [-0.3, -0.25) is 0 Å². The Balaban J connectivity index is 1.49. The number of nitrogens with zero attached hydrogens (tertiary/aromatic N) is 4. The lowest BCUT2D eigenvalue weighted by Gasteiger charge is -2.29. The molecule has 8 nitrogen and oxygen atoms in total. The third-order valence-electron chi connectivity index (χ3n) is 6.55. The number of ether oxygens (including phenoxy) is 1. The number of hydrogen-bond acceptors (Lipinski definition) is 9. The third kappa shape index (κ3) is 4.30. The molecule has 2 fully saturated rings. The Morgan fingerprint density at radius 1 is 1.19 bits per heavy atom. The first-order valence-electron chi connectivity index (χ1n) is 11.8. The summed E-state index contributed by atoms with van der Waals surface area (Å²) in [5.74, 6) is -0.0225. The molecule has 2 saturated heterocycles. The summed E-state index contributed by atoms with van der Waals surface area (Å²) >= 11 is 8.03. The highest BCUT2D eigenvalue weighted by atomic mass is 35.5. The Kier molecular flexibility index (Phi) is 6.24. The Bertz CT molecular complexity index is 1450. The first-order chi connectivity index (χ1) is 17.5. The molecule has 2 aromatic carbocycles. The average Bonchev–Trinajstić information content (AvgIpc) is 3.47. The molecule has 6 rings (SSSR count). The number of aromatic nitrogens is 3. The molecule has 4 heterocycles. The minimum atomic E-state index is -0.905. The average molecular weight is 532 g/mol. The van der Waals surface area contributed by atoms with Crippen molar-refractivity contribution in [3.63, 3.8) is 0 Å². The minimum Gasteiger partial charge on any atom is -0.462 e. The summed E-state index contributed by atoms with van der Waals surface area (Å²) in [6.45, 7) is 3.41. The van der Waals surface area contributed by atoms with Gasteiger partial charge in [0.15, 0.2) is 10.9 Å². The summed E-state index contributed by atoms with van der Waals surface area (Å²) in [6.07, 6.45) is -0.551. The molecule has 0 saturated carbocycles. The molecule has 12 heteroatoms. The van der Waals surface area contributed by atoms with Gasteiger partial charge in [0, 0.05) is 55.3 Å². The summed E-state index contributed by atoms with van der Waals surface area (Å²) < 4.78 is 36.6. The fraction of sp³-hybridized carbons (Fsp3) is 0.375. The van der Waals surface area contributed by atoms with Gasteiger partial charge < -0.3 is 26.0 Å². The van der Waals surface area contributed by atoms with Crippen LogP contribution in [0.5, 0.6) is 6.01 Å². The summed E-state index contributed by atoms with van der Waals surface area (Å²) in [5.41, 5.74) is 7.36. The van der Waals surface area contributed by atoms with Crippen molar-refractivity contribution in [1.82, 2.24) is 25.6 Å². The maximum Gasteiger partial charge on any atom is 0.319 e. The number of alkyl halides is 1. The summed E-state index contributed by atoms with van der Waals surface area (Å²) in [6, 6.07) is 7.07. The van der Waals surface area contributed by atoms with Gasteiger partial charge in [0.2, 0.25) is 0 Å². The molecule has 188 valence electrons. The van der Waals surface area contributed by atoms with E-state index < -0.39 is 12.0 Å². The van der Waals surface area contributed by atoms with Gasteiger partial charge in [0.1, 0.15) is 24.1 Å². The lowest BCUT2D eigenvalue weighted by Crippen LogP contribution is -2.44. The van der Waals surface area contributed by atoms with E-state index >= 15 is 4.39 Å². The van der Waals surface area contributed by atoms with Crippen molar-refractivity contribution >= 4 is 55.0 Å². The maximum atomic E-state index is 16.3. The molecule has 4 aromatic rings. The standard InChI is InChI=1S/C24H24ClF2N7OS/c25-16-9-15-21(19(27)18(16)14-2-1-3-17-20(14)31-23(28)36-17)32-24(35-11-13-8-12(26)10-30-13)33-22(15)34-6-4-29-5-7-34/h1-3,9,12-13,29-30H,4-8,10-11H2,(H2,28,31)/t12?,13-/m0/s1. The molecule has 2 aliphatic heterocycles. The van der Waals surface area contributed by atoms with E-state index in [4.69, 9.17) is 22.1 Å². The van der Waals surface area contributed by atoms with E-state index in [1.807, 2.05) is 12.1 Å². The number of nitrogens with one attached hydrogen (secondary N) is 2. The van der Waals surface area contributed by atoms with Crippen molar-refractivity contribution in [3.8, 4) is 17.1 Å². The molecule has 4 N–H and O–H groups in total. The lowest BCUT2D eigenvalue weighted by molar-refractivity contribution is 0.251. The summed E-state index contributed by atoms with van der Waals surface area (Å²) in [4.78, 5) is 15.5. The van der Waals surface area contributed by atoms with Crippen LogP contribution >= 0.6 is 22.9 Å². The quantitative estimate of drug-likeness (QED) is 0.358. The first kappa shape index (κ1) is 23.5. The smallest absolute Gasteiger partial charge is 0.319 e. The highest BCUT2D eigenvalue weighted by Gasteiger charge is 2.27. The van der Waals surface area contributed by atoms with Crippen LogP contribution < -0.4 is 26.0 Å². The van der Waals surface area contributed by atoms with Crippen molar-refractivity contribution < 1.29 is 13.5 Å². The van der Waals surface area contributed by atoms with E-state index in [2.05, 4.69) is 30.5 Å². The van der Waals surface area contributed by atoms with E-state index in [0.717, 1.165) is 17.8 Å². The molecule has 0 radical (unpaired) electrons. The number of fused-ring (bicyclic) bond motifs is 2. The molecule has 0 amide bonds. The topological polar surface area (TPSA) is 101 Å². The van der Waals surface area contributed by atoms with Crippen LogP contribution in [-0.4, -0.2) is 66.5 Å². The summed E-state index contributed by atoms with van der Waals surface area (Å²) in [5, 5.41) is 7.52. The van der Waals surface area contributed by atoms with Gasteiger partial charge in [-0.25, -0.2) is 13.8 Å². The minimum absolute atomic E-state index is 0.0448.